The number of piperidine rings is 1. The molecule has 1 aliphatic heterocycles. The number of carbonyl (C=O) groups excluding carboxylic acids is 1. The Balaban J connectivity index is 2.03. The highest BCUT2D eigenvalue weighted by atomic mass is 35.5. The minimum atomic E-state index is -0.144. The fourth-order valence-corrected chi connectivity index (χ4v) is 3.51. The number of hydrogen-bond donors (Lipinski definition) is 2. The number of phenols is 1. The monoisotopic (exact) mass is 325 g/mol. The van der Waals surface area contributed by atoms with Gasteiger partial charge in [-0.1, -0.05) is 31.0 Å². The lowest BCUT2D eigenvalue weighted by atomic mass is 9.77. The zero-order valence-electron chi connectivity index (χ0n) is 13.0. The molecule has 1 heterocycles. The SMILES string of the molecule is CCC[C@]1(CO)CCCN(C(=O)Cc2ccc(O)c(Cl)c2)C1. The molecule has 0 radical (unpaired) electrons. The van der Waals surface area contributed by atoms with E-state index in [9.17, 15) is 15.0 Å². The summed E-state index contributed by atoms with van der Waals surface area (Å²) in [6.45, 7) is 3.62. The third-order valence-corrected chi connectivity index (χ3v) is 4.80. The maximum Gasteiger partial charge on any atom is 0.227 e. The van der Waals surface area contributed by atoms with Crippen molar-refractivity contribution in [3.63, 3.8) is 0 Å². The largest absolute Gasteiger partial charge is 0.506 e. The summed E-state index contributed by atoms with van der Waals surface area (Å²) in [5.74, 6) is 0.0773. The van der Waals surface area contributed by atoms with Crippen molar-refractivity contribution < 1.29 is 15.0 Å². The quantitative estimate of drug-likeness (QED) is 0.875. The average Bonchev–Trinajstić information content (AvgIpc) is 2.51. The smallest absolute Gasteiger partial charge is 0.227 e. The summed E-state index contributed by atoms with van der Waals surface area (Å²) >= 11 is 5.88. The van der Waals surface area contributed by atoms with Crippen LogP contribution in [0.2, 0.25) is 5.02 Å². The van der Waals surface area contributed by atoms with Crippen LogP contribution in [0.15, 0.2) is 18.2 Å². The summed E-state index contributed by atoms with van der Waals surface area (Å²) in [4.78, 5) is 14.4. The Hall–Kier alpha value is -1.26. The van der Waals surface area contributed by atoms with Crippen molar-refractivity contribution >= 4 is 17.5 Å². The number of hydrogen-bond acceptors (Lipinski definition) is 3. The van der Waals surface area contributed by atoms with E-state index in [0.717, 1.165) is 37.8 Å². The summed E-state index contributed by atoms with van der Waals surface area (Å²) < 4.78 is 0. The van der Waals surface area contributed by atoms with Gasteiger partial charge in [0.05, 0.1) is 18.1 Å². The van der Waals surface area contributed by atoms with Crippen LogP contribution in [-0.2, 0) is 11.2 Å². The molecule has 0 spiro atoms. The van der Waals surface area contributed by atoms with Crippen molar-refractivity contribution in [2.24, 2.45) is 5.41 Å². The fourth-order valence-electron chi connectivity index (χ4n) is 3.31. The first-order chi connectivity index (χ1) is 10.5. The standard InChI is InChI=1S/C17H24ClNO3/c1-2-6-17(12-20)7-3-8-19(11-17)16(22)10-13-4-5-15(21)14(18)9-13/h4-5,9,20-21H,2-3,6-8,10-12H2,1H3/t17-/m0/s1. The molecule has 1 atom stereocenters. The van der Waals surface area contributed by atoms with Crippen molar-refractivity contribution in [1.29, 1.82) is 0 Å². The van der Waals surface area contributed by atoms with E-state index in [1.54, 1.807) is 12.1 Å². The molecule has 1 fully saturated rings. The summed E-state index contributed by atoms with van der Waals surface area (Å²) in [5.41, 5.74) is 0.651. The van der Waals surface area contributed by atoms with Crippen molar-refractivity contribution in [3.8, 4) is 5.75 Å². The van der Waals surface area contributed by atoms with E-state index < -0.39 is 0 Å². The molecule has 0 aromatic heterocycles. The van der Waals surface area contributed by atoms with Gasteiger partial charge in [0.1, 0.15) is 5.75 Å². The molecule has 5 heteroatoms. The van der Waals surface area contributed by atoms with Crippen LogP contribution < -0.4 is 0 Å². The lowest BCUT2D eigenvalue weighted by molar-refractivity contribution is -0.135. The van der Waals surface area contributed by atoms with Crippen LogP contribution in [0.4, 0.5) is 0 Å². The Bertz CT molecular complexity index is 531. The van der Waals surface area contributed by atoms with Crippen LogP contribution in [0.3, 0.4) is 0 Å². The maximum absolute atomic E-state index is 12.5. The van der Waals surface area contributed by atoms with Crippen molar-refractivity contribution in [1.82, 2.24) is 4.90 Å². The number of halogens is 1. The maximum atomic E-state index is 12.5. The molecule has 122 valence electrons. The van der Waals surface area contributed by atoms with Crippen LogP contribution >= 0.6 is 11.6 Å². The number of aromatic hydroxyl groups is 1. The van der Waals surface area contributed by atoms with Gasteiger partial charge in [-0.3, -0.25) is 4.79 Å². The first-order valence-electron chi connectivity index (χ1n) is 7.86. The molecule has 2 N–H and O–H groups in total. The molecule has 2 rings (SSSR count). The number of aliphatic hydroxyl groups is 1. The molecule has 4 nitrogen and oxygen atoms in total. The Labute approximate surface area is 136 Å². The highest BCUT2D eigenvalue weighted by Crippen LogP contribution is 2.34. The van der Waals surface area contributed by atoms with Gasteiger partial charge < -0.3 is 15.1 Å². The van der Waals surface area contributed by atoms with Crippen LogP contribution in [0.25, 0.3) is 0 Å². The number of aliphatic hydroxyl groups excluding tert-OH is 1. The first kappa shape index (κ1) is 17.1. The second kappa shape index (κ2) is 7.34. The zero-order chi connectivity index (χ0) is 16.2. The van der Waals surface area contributed by atoms with E-state index in [-0.39, 0.29) is 35.1 Å². The van der Waals surface area contributed by atoms with Gasteiger partial charge in [0.2, 0.25) is 5.91 Å². The van der Waals surface area contributed by atoms with E-state index in [1.165, 1.54) is 6.07 Å². The molecule has 0 aliphatic carbocycles. The topological polar surface area (TPSA) is 60.8 Å². The van der Waals surface area contributed by atoms with E-state index in [4.69, 9.17) is 11.6 Å². The Morgan fingerprint density at radius 1 is 1.45 bits per heavy atom. The van der Waals surface area contributed by atoms with Crippen LogP contribution in [0.1, 0.15) is 38.2 Å². The normalized spacial score (nSPS) is 21.9. The highest BCUT2D eigenvalue weighted by molar-refractivity contribution is 6.32. The summed E-state index contributed by atoms with van der Waals surface area (Å²) in [5, 5.41) is 19.4. The average molecular weight is 326 g/mol. The van der Waals surface area contributed by atoms with Gasteiger partial charge in [0.25, 0.3) is 0 Å². The number of likely N-dealkylation sites (tertiary alicyclic amines) is 1. The van der Waals surface area contributed by atoms with E-state index in [1.807, 2.05) is 4.90 Å². The lowest BCUT2D eigenvalue weighted by Crippen LogP contribution is -2.48. The predicted molar refractivity (Wildman–Crippen MR) is 87.1 cm³/mol. The predicted octanol–water partition coefficient (Wildman–Crippen LogP) is 2.99. The van der Waals surface area contributed by atoms with Crippen molar-refractivity contribution in [3.05, 3.63) is 28.8 Å². The number of amides is 1. The van der Waals surface area contributed by atoms with Crippen LogP contribution in [-0.4, -0.2) is 40.7 Å². The summed E-state index contributed by atoms with van der Waals surface area (Å²) in [7, 11) is 0. The van der Waals surface area contributed by atoms with E-state index in [2.05, 4.69) is 6.92 Å². The van der Waals surface area contributed by atoms with Gasteiger partial charge >= 0.3 is 0 Å². The minimum Gasteiger partial charge on any atom is -0.506 e. The number of nitrogens with zero attached hydrogens (tertiary/aromatic N) is 1. The number of phenolic OH excluding ortho intramolecular Hbond substituents is 1. The molecule has 1 aromatic carbocycles. The van der Waals surface area contributed by atoms with Gasteiger partial charge in [0.15, 0.2) is 0 Å². The third-order valence-electron chi connectivity index (χ3n) is 4.50. The van der Waals surface area contributed by atoms with Crippen LogP contribution in [0, 0.1) is 5.41 Å². The highest BCUT2D eigenvalue weighted by Gasteiger charge is 2.35. The van der Waals surface area contributed by atoms with Gasteiger partial charge in [-0.15, -0.1) is 0 Å². The van der Waals surface area contributed by atoms with Crippen LogP contribution in [0.5, 0.6) is 5.75 Å². The number of rotatable bonds is 5. The molecule has 1 amide bonds. The number of carbonyl (C=O) groups is 1. The molecule has 1 aromatic rings. The second-order valence-electron chi connectivity index (χ2n) is 6.29. The minimum absolute atomic E-state index is 0.0260. The van der Waals surface area contributed by atoms with Gasteiger partial charge in [-0.05, 0) is 37.0 Å². The summed E-state index contributed by atoms with van der Waals surface area (Å²) in [6.07, 6.45) is 4.14. The summed E-state index contributed by atoms with van der Waals surface area (Å²) in [6, 6.07) is 4.86. The van der Waals surface area contributed by atoms with Crippen molar-refractivity contribution in [2.45, 2.75) is 39.0 Å². The lowest BCUT2D eigenvalue weighted by Gasteiger charge is -2.42. The molecule has 0 saturated carbocycles. The van der Waals surface area contributed by atoms with Gasteiger partial charge in [-0.25, -0.2) is 0 Å². The number of benzene rings is 1. The third kappa shape index (κ3) is 3.93. The first-order valence-corrected chi connectivity index (χ1v) is 8.23. The molecule has 0 unspecified atom stereocenters. The van der Waals surface area contributed by atoms with E-state index >= 15 is 0 Å². The molecule has 1 saturated heterocycles. The second-order valence-corrected chi connectivity index (χ2v) is 6.70. The Morgan fingerprint density at radius 2 is 2.23 bits per heavy atom. The molecule has 1 aliphatic rings. The molecule has 0 bridgehead atoms. The van der Waals surface area contributed by atoms with Gasteiger partial charge in [-0.2, -0.15) is 0 Å². The molecular weight excluding hydrogens is 302 g/mol. The van der Waals surface area contributed by atoms with E-state index in [0.29, 0.717) is 6.54 Å². The Morgan fingerprint density at radius 3 is 2.86 bits per heavy atom. The molecular formula is C17H24ClNO3. The molecule has 22 heavy (non-hydrogen) atoms. The Kier molecular flexibility index (Phi) is 5.70. The van der Waals surface area contributed by atoms with Crippen molar-refractivity contribution in [2.75, 3.05) is 19.7 Å². The van der Waals surface area contributed by atoms with Gasteiger partial charge in [0, 0.05) is 18.5 Å². The fraction of sp³-hybridized carbons (Fsp3) is 0.588. The zero-order valence-corrected chi connectivity index (χ0v) is 13.8.